The number of aromatic nitrogens is 2. The molecule has 0 aliphatic heterocycles. The average Bonchev–Trinajstić information content (AvgIpc) is 2.86. The normalized spacial score (nSPS) is 11.7. The van der Waals surface area contributed by atoms with Crippen LogP contribution in [0.4, 0.5) is 5.69 Å². The van der Waals surface area contributed by atoms with E-state index >= 15 is 0 Å². The average molecular weight is 488 g/mol. The first kappa shape index (κ1) is 24.2. The standard InChI is InChI=1S/C27H25N3O4S/c1-17(25(32)20-10-12-21(13-11-20)28-18(2)31)35-27-29-24-7-5-4-6-23(24)26(33)30(27)16-19-8-14-22(34-3)15-9-19/h4-15,17H,16H2,1-3H3,(H,28,31). The number of hydrogen-bond donors (Lipinski definition) is 1. The van der Waals surface area contributed by atoms with E-state index in [2.05, 4.69) is 5.32 Å². The molecule has 0 saturated heterocycles. The number of thioether (sulfide) groups is 1. The molecule has 4 aromatic rings. The van der Waals surface area contributed by atoms with Crippen LogP contribution in [0.3, 0.4) is 0 Å². The van der Waals surface area contributed by atoms with Gasteiger partial charge in [0.2, 0.25) is 5.91 Å². The Morgan fingerprint density at radius 1 is 1.03 bits per heavy atom. The Hall–Kier alpha value is -3.91. The summed E-state index contributed by atoms with van der Waals surface area (Å²) in [5.41, 5.74) is 2.49. The number of para-hydroxylation sites is 1. The fraction of sp³-hybridized carbons (Fsp3) is 0.185. The molecule has 8 heteroatoms. The lowest BCUT2D eigenvalue weighted by atomic mass is 10.1. The second-order valence-corrected chi connectivity index (χ2v) is 9.34. The van der Waals surface area contributed by atoms with Crippen molar-refractivity contribution in [1.29, 1.82) is 0 Å². The summed E-state index contributed by atoms with van der Waals surface area (Å²) in [6.45, 7) is 3.54. The van der Waals surface area contributed by atoms with E-state index in [4.69, 9.17) is 9.72 Å². The van der Waals surface area contributed by atoms with E-state index in [1.165, 1.54) is 18.7 Å². The highest BCUT2D eigenvalue weighted by molar-refractivity contribution is 8.00. The van der Waals surface area contributed by atoms with Gasteiger partial charge >= 0.3 is 0 Å². The topological polar surface area (TPSA) is 90.3 Å². The SMILES string of the molecule is COc1ccc(Cn2c(SC(C)C(=O)c3ccc(NC(C)=O)cc3)nc3ccccc3c2=O)cc1. The third kappa shape index (κ3) is 5.60. The van der Waals surface area contributed by atoms with Crippen LogP contribution in [0.15, 0.2) is 82.7 Å². The molecule has 0 radical (unpaired) electrons. The molecule has 178 valence electrons. The second-order valence-electron chi connectivity index (χ2n) is 8.03. The number of Topliss-reactive ketones (excluding diaryl/α,β-unsaturated/α-hetero) is 1. The van der Waals surface area contributed by atoms with E-state index < -0.39 is 5.25 Å². The van der Waals surface area contributed by atoms with Gasteiger partial charge in [-0.2, -0.15) is 0 Å². The maximum absolute atomic E-state index is 13.4. The number of benzene rings is 3. The molecular formula is C27H25N3O4S. The molecule has 0 aliphatic carbocycles. The highest BCUT2D eigenvalue weighted by atomic mass is 32.2. The molecule has 3 aromatic carbocycles. The predicted octanol–water partition coefficient (Wildman–Crippen LogP) is 4.78. The summed E-state index contributed by atoms with van der Waals surface area (Å²) in [5.74, 6) is 0.462. The Balaban J connectivity index is 1.65. The van der Waals surface area contributed by atoms with Crippen LogP contribution < -0.4 is 15.6 Å². The number of carbonyl (C=O) groups is 2. The molecule has 35 heavy (non-hydrogen) atoms. The van der Waals surface area contributed by atoms with Gasteiger partial charge in [-0.15, -0.1) is 0 Å². The Morgan fingerprint density at radius 2 is 1.71 bits per heavy atom. The van der Waals surface area contributed by atoms with Gasteiger partial charge in [-0.25, -0.2) is 4.98 Å². The molecule has 1 atom stereocenters. The van der Waals surface area contributed by atoms with Crippen molar-refractivity contribution in [2.24, 2.45) is 0 Å². The number of ketones is 1. The Morgan fingerprint density at radius 3 is 2.37 bits per heavy atom. The lowest BCUT2D eigenvalue weighted by molar-refractivity contribution is -0.114. The van der Waals surface area contributed by atoms with Crippen molar-refractivity contribution in [2.45, 2.75) is 30.8 Å². The number of nitrogens with one attached hydrogen (secondary N) is 1. The van der Waals surface area contributed by atoms with Crippen LogP contribution in [0.25, 0.3) is 10.9 Å². The summed E-state index contributed by atoms with van der Waals surface area (Å²) in [7, 11) is 1.60. The number of amides is 1. The van der Waals surface area contributed by atoms with Crippen LogP contribution >= 0.6 is 11.8 Å². The molecule has 0 aliphatic rings. The maximum Gasteiger partial charge on any atom is 0.262 e. The number of ether oxygens (including phenoxy) is 1. The van der Waals surface area contributed by atoms with E-state index in [1.54, 1.807) is 55.0 Å². The summed E-state index contributed by atoms with van der Waals surface area (Å²) >= 11 is 1.25. The minimum atomic E-state index is -0.489. The quantitative estimate of drug-likeness (QED) is 0.219. The number of carbonyl (C=O) groups excluding carboxylic acids is 2. The molecular weight excluding hydrogens is 462 g/mol. The van der Waals surface area contributed by atoms with E-state index in [0.717, 1.165) is 11.3 Å². The first-order valence-corrected chi connectivity index (χ1v) is 11.9. The van der Waals surface area contributed by atoms with E-state index in [0.29, 0.717) is 33.9 Å². The van der Waals surface area contributed by atoms with Gasteiger partial charge in [-0.05, 0) is 61.0 Å². The number of anilines is 1. The number of methoxy groups -OCH3 is 1. The number of rotatable bonds is 8. The summed E-state index contributed by atoms with van der Waals surface area (Å²) in [6, 6.07) is 21.5. The number of nitrogens with zero attached hydrogens (tertiary/aromatic N) is 2. The van der Waals surface area contributed by atoms with Crippen LogP contribution in [0, 0.1) is 0 Å². The van der Waals surface area contributed by atoms with Crippen molar-refractivity contribution in [1.82, 2.24) is 9.55 Å². The second kappa shape index (κ2) is 10.6. The third-order valence-electron chi connectivity index (χ3n) is 5.47. The third-order valence-corrected chi connectivity index (χ3v) is 6.56. The summed E-state index contributed by atoms with van der Waals surface area (Å²) in [5, 5.41) is 3.20. The van der Waals surface area contributed by atoms with Gasteiger partial charge in [-0.3, -0.25) is 19.0 Å². The Bertz CT molecular complexity index is 1430. The van der Waals surface area contributed by atoms with Crippen molar-refractivity contribution >= 4 is 40.0 Å². The molecule has 1 N–H and O–H groups in total. The van der Waals surface area contributed by atoms with Crippen molar-refractivity contribution in [3.05, 3.63) is 94.3 Å². The molecule has 4 rings (SSSR count). The van der Waals surface area contributed by atoms with Crippen LogP contribution in [-0.2, 0) is 11.3 Å². The van der Waals surface area contributed by atoms with Gasteiger partial charge in [0.1, 0.15) is 5.75 Å². The lowest BCUT2D eigenvalue weighted by Crippen LogP contribution is -2.25. The predicted molar refractivity (Wildman–Crippen MR) is 138 cm³/mol. The molecule has 0 bridgehead atoms. The van der Waals surface area contributed by atoms with Gasteiger partial charge in [0, 0.05) is 18.2 Å². The van der Waals surface area contributed by atoms with Crippen LogP contribution in [0.1, 0.15) is 29.8 Å². The van der Waals surface area contributed by atoms with Crippen LogP contribution in [-0.4, -0.2) is 33.6 Å². The van der Waals surface area contributed by atoms with Gasteiger partial charge in [0.15, 0.2) is 10.9 Å². The summed E-state index contributed by atoms with van der Waals surface area (Å²) < 4.78 is 6.84. The largest absolute Gasteiger partial charge is 0.497 e. The minimum absolute atomic E-state index is 0.0946. The fourth-order valence-corrected chi connectivity index (χ4v) is 4.64. The molecule has 0 spiro atoms. The number of hydrogen-bond acceptors (Lipinski definition) is 6. The monoisotopic (exact) mass is 487 g/mol. The number of fused-ring (bicyclic) bond motifs is 1. The van der Waals surface area contributed by atoms with Crippen molar-refractivity contribution < 1.29 is 14.3 Å². The van der Waals surface area contributed by atoms with E-state index in [9.17, 15) is 14.4 Å². The Labute approximate surface area is 207 Å². The van der Waals surface area contributed by atoms with Crippen molar-refractivity contribution in [3.8, 4) is 5.75 Å². The summed E-state index contributed by atoms with van der Waals surface area (Å²) in [6.07, 6.45) is 0. The highest BCUT2D eigenvalue weighted by Crippen LogP contribution is 2.26. The molecule has 7 nitrogen and oxygen atoms in total. The Kier molecular flexibility index (Phi) is 7.31. The van der Waals surface area contributed by atoms with Gasteiger partial charge in [0.05, 0.1) is 29.8 Å². The van der Waals surface area contributed by atoms with E-state index in [1.807, 2.05) is 36.4 Å². The van der Waals surface area contributed by atoms with Gasteiger partial charge in [-0.1, -0.05) is 36.0 Å². The van der Waals surface area contributed by atoms with Crippen LogP contribution in [0.2, 0.25) is 0 Å². The van der Waals surface area contributed by atoms with Crippen molar-refractivity contribution in [2.75, 3.05) is 12.4 Å². The zero-order valence-electron chi connectivity index (χ0n) is 19.6. The molecule has 1 amide bonds. The molecule has 0 saturated carbocycles. The molecule has 1 heterocycles. The van der Waals surface area contributed by atoms with Crippen LogP contribution in [0.5, 0.6) is 5.75 Å². The molecule has 0 fully saturated rings. The first-order chi connectivity index (χ1) is 16.9. The molecule has 1 unspecified atom stereocenters. The minimum Gasteiger partial charge on any atom is -0.497 e. The molecule has 1 aromatic heterocycles. The summed E-state index contributed by atoms with van der Waals surface area (Å²) in [4.78, 5) is 42.5. The maximum atomic E-state index is 13.4. The van der Waals surface area contributed by atoms with Gasteiger partial charge in [0.25, 0.3) is 5.56 Å². The zero-order chi connectivity index (χ0) is 24.9. The first-order valence-electron chi connectivity index (χ1n) is 11.1. The fourth-order valence-electron chi connectivity index (χ4n) is 3.66. The lowest BCUT2D eigenvalue weighted by Gasteiger charge is -2.16. The highest BCUT2D eigenvalue weighted by Gasteiger charge is 2.21. The zero-order valence-corrected chi connectivity index (χ0v) is 20.5. The van der Waals surface area contributed by atoms with E-state index in [-0.39, 0.29) is 17.2 Å². The van der Waals surface area contributed by atoms with Crippen molar-refractivity contribution in [3.63, 3.8) is 0 Å². The van der Waals surface area contributed by atoms with Gasteiger partial charge < -0.3 is 10.1 Å². The smallest absolute Gasteiger partial charge is 0.262 e.